The normalized spacial score (nSPS) is 10.3. The van der Waals surface area contributed by atoms with Crippen LogP contribution in [-0.4, -0.2) is 22.4 Å². The SMILES string of the molecule is CCOC(=O)c1ccn(Cc2ccccc2F)n1. The lowest BCUT2D eigenvalue weighted by Crippen LogP contribution is -2.08. The molecule has 0 amide bonds. The molecule has 2 aromatic rings. The van der Waals surface area contributed by atoms with Gasteiger partial charge >= 0.3 is 5.97 Å². The summed E-state index contributed by atoms with van der Waals surface area (Å²) in [6.45, 7) is 2.32. The first-order chi connectivity index (χ1) is 8.70. The number of aromatic nitrogens is 2. The van der Waals surface area contributed by atoms with Gasteiger partial charge in [0.15, 0.2) is 5.69 Å². The van der Waals surface area contributed by atoms with Crippen LogP contribution in [0, 0.1) is 5.82 Å². The van der Waals surface area contributed by atoms with Crippen molar-refractivity contribution >= 4 is 5.97 Å². The third-order valence-electron chi connectivity index (χ3n) is 2.42. The Balaban J connectivity index is 2.12. The zero-order chi connectivity index (χ0) is 13.0. The number of carbonyl (C=O) groups is 1. The average molecular weight is 248 g/mol. The molecule has 5 heteroatoms. The second-order valence-electron chi connectivity index (χ2n) is 3.71. The molecule has 0 radical (unpaired) electrons. The Morgan fingerprint density at radius 1 is 1.39 bits per heavy atom. The van der Waals surface area contributed by atoms with Crippen molar-refractivity contribution in [2.45, 2.75) is 13.5 Å². The Morgan fingerprint density at radius 2 is 2.17 bits per heavy atom. The van der Waals surface area contributed by atoms with Crippen LogP contribution in [0.15, 0.2) is 36.5 Å². The molecule has 1 aromatic heterocycles. The van der Waals surface area contributed by atoms with Crippen molar-refractivity contribution in [2.24, 2.45) is 0 Å². The maximum Gasteiger partial charge on any atom is 0.358 e. The molecule has 0 aliphatic rings. The summed E-state index contributed by atoms with van der Waals surface area (Å²) in [5.41, 5.74) is 0.754. The number of rotatable bonds is 4. The molecule has 0 aliphatic heterocycles. The highest BCUT2D eigenvalue weighted by Crippen LogP contribution is 2.08. The van der Waals surface area contributed by atoms with E-state index in [1.54, 1.807) is 37.4 Å². The predicted molar refractivity (Wildman–Crippen MR) is 63.7 cm³/mol. The van der Waals surface area contributed by atoms with Gasteiger partial charge in [-0.05, 0) is 19.1 Å². The molecule has 0 saturated carbocycles. The molecule has 0 bridgehead atoms. The lowest BCUT2D eigenvalue weighted by Gasteiger charge is -2.03. The summed E-state index contributed by atoms with van der Waals surface area (Å²) in [7, 11) is 0. The Morgan fingerprint density at radius 3 is 2.89 bits per heavy atom. The second-order valence-corrected chi connectivity index (χ2v) is 3.71. The number of ether oxygens (including phenoxy) is 1. The van der Waals surface area contributed by atoms with Crippen molar-refractivity contribution in [3.63, 3.8) is 0 Å². The predicted octanol–water partition coefficient (Wildman–Crippen LogP) is 2.25. The highest BCUT2D eigenvalue weighted by Gasteiger charge is 2.10. The number of carbonyl (C=O) groups excluding carboxylic acids is 1. The van der Waals surface area contributed by atoms with Gasteiger partial charge in [-0.15, -0.1) is 0 Å². The van der Waals surface area contributed by atoms with E-state index in [1.165, 1.54) is 10.7 Å². The summed E-state index contributed by atoms with van der Waals surface area (Å²) in [5.74, 6) is -0.754. The molecule has 0 unspecified atom stereocenters. The fraction of sp³-hybridized carbons (Fsp3) is 0.231. The number of esters is 1. The van der Waals surface area contributed by atoms with Crippen LogP contribution in [0.25, 0.3) is 0 Å². The summed E-state index contributed by atoms with van der Waals surface area (Å²) >= 11 is 0. The van der Waals surface area contributed by atoms with Gasteiger partial charge in [-0.1, -0.05) is 18.2 Å². The minimum absolute atomic E-state index is 0.230. The third-order valence-corrected chi connectivity index (χ3v) is 2.42. The molecule has 1 aromatic carbocycles. The van der Waals surface area contributed by atoms with Crippen molar-refractivity contribution < 1.29 is 13.9 Å². The molecule has 2 rings (SSSR count). The molecule has 0 fully saturated rings. The van der Waals surface area contributed by atoms with Crippen molar-refractivity contribution in [3.8, 4) is 0 Å². The van der Waals surface area contributed by atoms with E-state index in [9.17, 15) is 9.18 Å². The van der Waals surface area contributed by atoms with Crippen molar-refractivity contribution in [3.05, 3.63) is 53.6 Å². The standard InChI is InChI=1S/C13H13FN2O2/c1-2-18-13(17)12-7-8-16(15-12)9-10-5-3-4-6-11(10)14/h3-8H,2,9H2,1H3. The minimum atomic E-state index is -0.468. The van der Waals surface area contributed by atoms with Gasteiger partial charge in [-0.2, -0.15) is 5.10 Å². The highest BCUT2D eigenvalue weighted by molar-refractivity contribution is 5.86. The van der Waals surface area contributed by atoms with E-state index in [1.807, 2.05) is 0 Å². The highest BCUT2D eigenvalue weighted by atomic mass is 19.1. The number of halogens is 1. The number of hydrogen-bond donors (Lipinski definition) is 0. The molecule has 0 N–H and O–H groups in total. The maximum atomic E-state index is 13.4. The smallest absolute Gasteiger partial charge is 0.358 e. The van der Waals surface area contributed by atoms with Gasteiger partial charge in [0, 0.05) is 11.8 Å². The quantitative estimate of drug-likeness (QED) is 0.779. The number of hydrogen-bond acceptors (Lipinski definition) is 3. The molecule has 1 heterocycles. The minimum Gasteiger partial charge on any atom is -0.461 e. The first kappa shape index (κ1) is 12.3. The van der Waals surface area contributed by atoms with Gasteiger partial charge in [0.05, 0.1) is 13.2 Å². The fourth-order valence-corrected chi connectivity index (χ4v) is 1.56. The van der Waals surface area contributed by atoms with Gasteiger partial charge in [0.25, 0.3) is 0 Å². The van der Waals surface area contributed by atoms with Crippen molar-refractivity contribution in [2.75, 3.05) is 6.61 Å². The van der Waals surface area contributed by atoms with Crippen LogP contribution >= 0.6 is 0 Å². The van der Waals surface area contributed by atoms with Gasteiger partial charge in [-0.25, -0.2) is 9.18 Å². The van der Waals surface area contributed by atoms with Crippen LogP contribution < -0.4 is 0 Å². The van der Waals surface area contributed by atoms with Crippen LogP contribution in [-0.2, 0) is 11.3 Å². The summed E-state index contributed by atoms with van der Waals surface area (Å²) in [6, 6.07) is 8.02. The van der Waals surface area contributed by atoms with Gasteiger partial charge in [-0.3, -0.25) is 4.68 Å². The van der Waals surface area contributed by atoms with E-state index in [2.05, 4.69) is 5.10 Å². The third kappa shape index (κ3) is 2.74. The Labute approximate surface area is 104 Å². The Kier molecular flexibility index (Phi) is 3.72. The van der Waals surface area contributed by atoms with E-state index >= 15 is 0 Å². The first-order valence-corrected chi connectivity index (χ1v) is 5.64. The van der Waals surface area contributed by atoms with Gasteiger partial charge in [0.2, 0.25) is 0 Å². The van der Waals surface area contributed by atoms with Crippen molar-refractivity contribution in [1.82, 2.24) is 9.78 Å². The lowest BCUT2D eigenvalue weighted by molar-refractivity contribution is 0.0518. The molecule has 4 nitrogen and oxygen atoms in total. The molecule has 0 atom stereocenters. The fourth-order valence-electron chi connectivity index (χ4n) is 1.56. The maximum absolute atomic E-state index is 13.4. The average Bonchev–Trinajstić information content (AvgIpc) is 2.81. The van der Waals surface area contributed by atoms with Crippen LogP contribution in [0.1, 0.15) is 23.0 Å². The van der Waals surface area contributed by atoms with E-state index < -0.39 is 5.97 Å². The van der Waals surface area contributed by atoms with E-state index in [-0.39, 0.29) is 18.1 Å². The summed E-state index contributed by atoms with van der Waals surface area (Å²) in [6.07, 6.45) is 1.62. The van der Waals surface area contributed by atoms with Crippen LogP contribution in [0.2, 0.25) is 0 Å². The molecule has 94 valence electrons. The molecule has 0 aliphatic carbocycles. The lowest BCUT2D eigenvalue weighted by atomic mass is 10.2. The monoisotopic (exact) mass is 248 g/mol. The Hall–Kier alpha value is -2.17. The second kappa shape index (κ2) is 5.44. The van der Waals surface area contributed by atoms with E-state index in [0.717, 1.165) is 0 Å². The molecule has 0 saturated heterocycles. The van der Waals surface area contributed by atoms with Gasteiger partial charge in [0.1, 0.15) is 5.82 Å². The van der Waals surface area contributed by atoms with Crippen LogP contribution in [0.4, 0.5) is 4.39 Å². The van der Waals surface area contributed by atoms with Crippen molar-refractivity contribution in [1.29, 1.82) is 0 Å². The van der Waals surface area contributed by atoms with Crippen LogP contribution in [0.3, 0.4) is 0 Å². The summed E-state index contributed by atoms with van der Waals surface area (Å²) < 4.78 is 19.8. The van der Waals surface area contributed by atoms with Crippen LogP contribution in [0.5, 0.6) is 0 Å². The van der Waals surface area contributed by atoms with Gasteiger partial charge < -0.3 is 4.74 Å². The summed E-state index contributed by atoms with van der Waals surface area (Å²) in [5, 5.41) is 4.04. The zero-order valence-corrected chi connectivity index (χ0v) is 9.97. The van der Waals surface area contributed by atoms with E-state index in [0.29, 0.717) is 12.2 Å². The summed E-state index contributed by atoms with van der Waals surface area (Å²) in [4.78, 5) is 11.4. The molecular formula is C13H13FN2O2. The Bertz CT molecular complexity index is 551. The zero-order valence-electron chi connectivity index (χ0n) is 9.97. The number of benzene rings is 1. The topological polar surface area (TPSA) is 44.1 Å². The van der Waals surface area contributed by atoms with E-state index in [4.69, 9.17) is 4.74 Å². The molecular weight excluding hydrogens is 235 g/mol. The largest absolute Gasteiger partial charge is 0.461 e. The molecule has 0 spiro atoms. The number of nitrogens with zero attached hydrogens (tertiary/aromatic N) is 2. The molecule has 18 heavy (non-hydrogen) atoms. The first-order valence-electron chi connectivity index (χ1n) is 5.64.